The zero-order valence-electron chi connectivity index (χ0n) is 15.4. The molecule has 3 N–H and O–H groups in total. The smallest absolute Gasteiger partial charge is 0.213 e. The third kappa shape index (κ3) is 2.33. The lowest BCUT2D eigenvalue weighted by atomic mass is 9.46. The summed E-state index contributed by atoms with van der Waals surface area (Å²) in [6.45, 7) is 4.17. The number of fused-ring (bicyclic) bond motifs is 5. The lowest BCUT2D eigenvalue weighted by molar-refractivity contribution is -0.160. The molecule has 26 heavy (non-hydrogen) atoms. The molecule has 7 atom stereocenters. The van der Waals surface area contributed by atoms with Gasteiger partial charge in [-0.2, -0.15) is 0 Å². The summed E-state index contributed by atoms with van der Waals surface area (Å²) in [5, 5.41) is 29.9. The maximum atomic E-state index is 12.4. The molecule has 0 bridgehead atoms. The fourth-order valence-electron chi connectivity index (χ4n) is 6.97. The molecule has 4 rings (SSSR count). The molecule has 5 heteroatoms. The molecule has 3 fully saturated rings. The summed E-state index contributed by atoms with van der Waals surface area (Å²) in [4.78, 5) is 24.2. The van der Waals surface area contributed by atoms with E-state index in [1.54, 1.807) is 12.2 Å². The van der Waals surface area contributed by atoms with Crippen LogP contribution in [0.4, 0.5) is 0 Å². The molecule has 3 saturated carbocycles. The van der Waals surface area contributed by atoms with Gasteiger partial charge in [0.05, 0.1) is 6.10 Å². The van der Waals surface area contributed by atoms with Gasteiger partial charge in [-0.25, -0.2) is 0 Å². The van der Waals surface area contributed by atoms with E-state index in [2.05, 4.69) is 6.92 Å². The summed E-state index contributed by atoms with van der Waals surface area (Å²) in [5.41, 5.74) is 0.411. The lowest BCUT2D eigenvalue weighted by Crippen LogP contribution is -2.56. The van der Waals surface area contributed by atoms with E-state index < -0.39 is 29.5 Å². The van der Waals surface area contributed by atoms with Crippen LogP contribution in [-0.2, 0) is 9.59 Å². The summed E-state index contributed by atoms with van der Waals surface area (Å²) in [5.74, 6) is -0.291. The first-order valence-corrected chi connectivity index (χ1v) is 9.70. The number of hydrogen-bond donors (Lipinski definition) is 3. The number of rotatable bonds is 2. The van der Waals surface area contributed by atoms with E-state index in [0.29, 0.717) is 12.8 Å². The van der Waals surface area contributed by atoms with Gasteiger partial charge in [0, 0.05) is 17.3 Å². The van der Waals surface area contributed by atoms with Crippen molar-refractivity contribution in [2.75, 3.05) is 0 Å². The first kappa shape index (κ1) is 18.1. The Hall–Kier alpha value is -1.30. The van der Waals surface area contributed by atoms with Crippen LogP contribution in [0.5, 0.6) is 0 Å². The molecular weight excluding hydrogens is 332 g/mol. The van der Waals surface area contributed by atoms with Gasteiger partial charge >= 0.3 is 0 Å². The minimum atomic E-state index is -1.93. The summed E-state index contributed by atoms with van der Waals surface area (Å²) in [7, 11) is 0. The quantitative estimate of drug-likeness (QED) is 0.652. The number of Topliss-reactive ketones (excluding diaryl/α,β-unsaturated/α-hetero) is 1. The van der Waals surface area contributed by atoms with Crippen LogP contribution < -0.4 is 0 Å². The highest BCUT2D eigenvalue weighted by Gasteiger charge is 2.62. The number of carbonyl (C=O) groups is 2. The molecule has 0 saturated heterocycles. The number of hydrogen-bond acceptors (Lipinski definition) is 5. The predicted octanol–water partition coefficient (Wildman–Crippen LogP) is 1.76. The second kappa shape index (κ2) is 5.85. The van der Waals surface area contributed by atoms with Crippen molar-refractivity contribution in [2.45, 2.75) is 58.3 Å². The van der Waals surface area contributed by atoms with Crippen LogP contribution in [0.15, 0.2) is 23.8 Å². The van der Waals surface area contributed by atoms with Crippen molar-refractivity contribution in [1.29, 1.82) is 0 Å². The molecule has 1 unspecified atom stereocenters. The van der Waals surface area contributed by atoms with Crippen molar-refractivity contribution in [3.8, 4) is 0 Å². The lowest BCUT2D eigenvalue weighted by Gasteiger charge is -2.58. The van der Waals surface area contributed by atoms with Gasteiger partial charge in [0.2, 0.25) is 6.29 Å². The number of allylic oxidation sites excluding steroid dienone is 4. The maximum absolute atomic E-state index is 12.4. The molecular formula is C21H28O5. The first-order chi connectivity index (χ1) is 12.2. The number of ketones is 2. The zero-order chi connectivity index (χ0) is 18.9. The Kier molecular flexibility index (Phi) is 4.07. The topological polar surface area (TPSA) is 94.8 Å². The largest absolute Gasteiger partial charge is 0.393 e. The van der Waals surface area contributed by atoms with Crippen LogP contribution in [0, 0.1) is 34.5 Å². The highest BCUT2D eigenvalue weighted by molar-refractivity contribution is 6.01. The van der Waals surface area contributed by atoms with E-state index in [1.165, 1.54) is 0 Å². The summed E-state index contributed by atoms with van der Waals surface area (Å²) in [6.07, 6.45) is 6.60. The molecule has 0 radical (unpaired) electrons. The summed E-state index contributed by atoms with van der Waals surface area (Å²) in [6, 6.07) is 0. The van der Waals surface area contributed by atoms with Gasteiger partial charge in [-0.3, -0.25) is 9.59 Å². The first-order valence-electron chi connectivity index (χ1n) is 9.70. The molecule has 0 spiro atoms. The molecule has 4 aliphatic carbocycles. The Labute approximate surface area is 153 Å². The fraction of sp³-hybridized carbons (Fsp3) is 0.714. The Morgan fingerprint density at radius 2 is 1.96 bits per heavy atom. The third-order valence-corrected chi connectivity index (χ3v) is 8.09. The van der Waals surface area contributed by atoms with E-state index in [9.17, 15) is 24.9 Å². The number of aliphatic hydroxyl groups excluding tert-OH is 2. The van der Waals surface area contributed by atoms with Gasteiger partial charge in [0.15, 0.2) is 11.6 Å². The third-order valence-electron chi connectivity index (χ3n) is 8.09. The van der Waals surface area contributed by atoms with Gasteiger partial charge in [0.25, 0.3) is 0 Å². The Balaban J connectivity index is 1.70. The van der Waals surface area contributed by atoms with Crippen molar-refractivity contribution >= 4 is 11.6 Å². The van der Waals surface area contributed by atoms with E-state index in [0.717, 1.165) is 24.8 Å². The fourth-order valence-corrected chi connectivity index (χ4v) is 6.97. The van der Waals surface area contributed by atoms with E-state index in [-0.39, 0.29) is 29.0 Å². The number of carbonyl (C=O) groups excluding carboxylic acids is 2. The van der Waals surface area contributed by atoms with Crippen LogP contribution >= 0.6 is 0 Å². The number of aliphatic hydroxyl groups is 3. The van der Waals surface area contributed by atoms with Crippen molar-refractivity contribution in [3.05, 3.63) is 23.8 Å². The van der Waals surface area contributed by atoms with Crippen LogP contribution in [0.25, 0.3) is 0 Å². The zero-order valence-corrected chi connectivity index (χ0v) is 15.4. The second-order valence-corrected chi connectivity index (χ2v) is 9.21. The molecule has 0 aromatic rings. The molecule has 0 heterocycles. The van der Waals surface area contributed by atoms with Gasteiger partial charge in [-0.15, -0.1) is 0 Å². The molecule has 0 aliphatic heterocycles. The van der Waals surface area contributed by atoms with Gasteiger partial charge in [-0.1, -0.05) is 25.5 Å². The molecule has 142 valence electrons. The van der Waals surface area contributed by atoms with Gasteiger partial charge < -0.3 is 15.3 Å². The molecule has 0 aromatic heterocycles. The van der Waals surface area contributed by atoms with Crippen LogP contribution in [0.3, 0.4) is 0 Å². The average Bonchev–Trinajstić information content (AvgIpc) is 2.90. The van der Waals surface area contributed by atoms with E-state index in [4.69, 9.17) is 0 Å². The maximum Gasteiger partial charge on any atom is 0.213 e. The SMILES string of the molecule is C[C@]12C=CC(=O)C=C1CC[C@H]1C3CC[C@H](C(=O)C(O)O)[C@@]3(C)C[C@H](O)[C@@H]12. The van der Waals surface area contributed by atoms with Gasteiger partial charge in [0.1, 0.15) is 0 Å². The van der Waals surface area contributed by atoms with Crippen molar-refractivity contribution in [2.24, 2.45) is 34.5 Å². The molecule has 4 aliphatic rings. The van der Waals surface area contributed by atoms with Crippen LogP contribution in [0.2, 0.25) is 0 Å². The van der Waals surface area contributed by atoms with Crippen LogP contribution in [-0.4, -0.2) is 39.3 Å². The monoisotopic (exact) mass is 360 g/mol. The second-order valence-electron chi connectivity index (χ2n) is 9.21. The van der Waals surface area contributed by atoms with E-state index >= 15 is 0 Å². The minimum Gasteiger partial charge on any atom is -0.393 e. The Morgan fingerprint density at radius 3 is 2.65 bits per heavy atom. The van der Waals surface area contributed by atoms with Crippen molar-refractivity contribution in [3.63, 3.8) is 0 Å². The summed E-state index contributed by atoms with van der Waals surface area (Å²) >= 11 is 0. The minimum absolute atomic E-state index is 0.0227. The van der Waals surface area contributed by atoms with Crippen molar-refractivity contribution in [1.82, 2.24) is 0 Å². The van der Waals surface area contributed by atoms with Gasteiger partial charge in [-0.05, 0) is 61.5 Å². The normalized spacial score (nSPS) is 47.2. The Bertz CT molecular complexity index is 707. The highest BCUT2D eigenvalue weighted by atomic mass is 16.5. The predicted molar refractivity (Wildman–Crippen MR) is 94.7 cm³/mol. The molecule has 0 amide bonds. The van der Waals surface area contributed by atoms with Crippen molar-refractivity contribution < 1.29 is 24.9 Å². The highest BCUT2D eigenvalue weighted by Crippen LogP contribution is 2.66. The Morgan fingerprint density at radius 1 is 1.23 bits per heavy atom. The molecule has 0 aromatic carbocycles. The van der Waals surface area contributed by atoms with Crippen LogP contribution in [0.1, 0.15) is 46.0 Å². The average molecular weight is 360 g/mol. The van der Waals surface area contributed by atoms with E-state index in [1.807, 2.05) is 13.0 Å². The summed E-state index contributed by atoms with van der Waals surface area (Å²) < 4.78 is 0. The molecule has 5 nitrogen and oxygen atoms in total. The standard InChI is InChI=1S/C21H28O5/c1-20-8-7-12(22)9-11(20)3-4-13-14-5-6-15(18(24)19(25)26)21(14,2)10-16(23)17(13)20/h7-9,13-17,19,23,25-26H,3-6,10H2,1-2H3/t13-,14?,15+,16-,17+,20-,21-/m0/s1.